The Morgan fingerprint density at radius 2 is 2.17 bits per heavy atom. The maximum absolute atomic E-state index is 10.7. The Hall–Kier alpha value is -1.55. The van der Waals surface area contributed by atoms with Crippen LogP contribution >= 0.6 is 11.8 Å². The van der Waals surface area contributed by atoms with Crippen molar-refractivity contribution < 1.29 is 9.53 Å². The number of carbonyl (C=O) groups excluding carboxylic acids is 1. The molecule has 3 nitrogen and oxygen atoms in total. The van der Waals surface area contributed by atoms with E-state index in [9.17, 15) is 4.79 Å². The normalized spacial score (nSPS) is 12.4. The highest BCUT2D eigenvalue weighted by Gasteiger charge is 2.04. The topological polar surface area (TPSA) is 38.7 Å². The largest absolute Gasteiger partial charge is 0.497 e. The number of methoxy groups -OCH3 is 1. The molecule has 0 heterocycles. The maximum atomic E-state index is 10.7. The average Bonchev–Trinajstić information content (AvgIpc) is 2.38. The highest BCUT2D eigenvalue weighted by molar-refractivity contribution is 8.14. The third kappa shape index (κ3) is 4.04. The van der Waals surface area contributed by atoms with Gasteiger partial charge < -0.3 is 4.74 Å². The van der Waals surface area contributed by atoms with Gasteiger partial charge in [-0.2, -0.15) is 0 Å². The predicted molar refractivity (Wildman–Crippen MR) is 76.5 cm³/mol. The van der Waals surface area contributed by atoms with Crippen molar-refractivity contribution in [1.82, 2.24) is 0 Å². The highest BCUT2D eigenvalue weighted by atomic mass is 32.2. The van der Waals surface area contributed by atoms with Crippen LogP contribution in [0.2, 0.25) is 0 Å². The summed E-state index contributed by atoms with van der Waals surface area (Å²) in [4.78, 5) is 16.0. The van der Waals surface area contributed by atoms with E-state index in [1.165, 1.54) is 11.8 Å². The Morgan fingerprint density at radius 1 is 1.44 bits per heavy atom. The van der Waals surface area contributed by atoms with Gasteiger partial charge in [0, 0.05) is 4.90 Å². The van der Waals surface area contributed by atoms with Gasteiger partial charge in [-0.15, -0.1) is 0 Å². The first-order valence-electron chi connectivity index (χ1n) is 5.60. The fraction of sp³-hybridized carbons (Fsp3) is 0.286. The van der Waals surface area contributed by atoms with Gasteiger partial charge in [-0.05, 0) is 38.5 Å². The Bertz CT molecular complexity index is 493. The van der Waals surface area contributed by atoms with Gasteiger partial charge in [0.1, 0.15) is 5.75 Å². The first-order valence-corrected chi connectivity index (χ1v) is 6.41. The zero-order chi connectivity index (χ0) is 13.5. The van der Waals surface area contributed by atoms with E-state index in [4.69, 9.17) is 4.74 Å². The minimum absolute atomic E-state index is 0.445. The predicted octanol–water partition coefficient (Wildman–Crippen LogP) is 3.62. The van der Waals surface area contributed by atoms with Crippen LogP contribution in [0.25, 0.3) is 0 Å². The molecular weight excluding hydrogens is 246 g/mol. The van der Waals surface area contributed by atoms with Crippen molar-refractivity contribution in [3.8, 4) is 5.75 Å². The molecule has 0 amide bonds. The van der Waals surface area contributed by atoms with Gasteiger partial charge in [0.15, 0.2) is 6.29 Å². The number of carbonyl (C=O) groups is 1. The molecule has 0 N–H and O–H groups in total. The molecule has 0 unspecified atom stereocenters. The molecule has 96 valence electrons. The van der Waals surface area contributed by atoms with Crippen LogP contribution in [0.15, 0.2) is 39.9 Å². The van der Waals surface area contributed by atoms with Crippen LogP contribution in [0, 0.1) is 6.92 Å². The van der Waals surface area contributed by atoms with E-state index in [0.717, 1.165) is 27.5 Å². The molecule has 0 spiro atoms. The maximum Gasteiger partial charge on any atom is 0.168 e. The van der Waals surface area contributed by atoms with Gasteiger partial charge in [0.2, 0.25) is 0 Å². The van der Waals surface area contributed by atoms with E-state index in [1.807, 2.05) is 32.0 Å². The van der Waals surface area contributed by atoms with Crippen molar-refractivity contribution in [2.45, 2.75) is 25.7 Å². The number of aryl methyl sites for hydroxylation is 1. The fourth-order valence-corrected chi connectivity index (χ4v) is 2.21. The van der Waals surface area contributed by atoms with Gasteiger partial charge in [0.25, 0.3) is 0 Å². The number of benzene rings is 1. The van der Waals surface area contributed by atoms with Crippen LogP contribution in [-0.2, 0) is 4.79 Å². The van der Waals surface area contributed by atoms with Gasteiger partial charge in [-0.3, -0.25) is 4.79 Å². The lowest BCUT2D eigenvalue weighted by Gasteiger charge is -2.07. The van der Waals surface area contributed by atoms with Crippen LogP contribution in [0.4, 0.5) is 0 Å². The molecule has 0 saturated heterocycles. The monoisotopic (exact) mass is 263 g/mol. The van der Waals surface area contributed by atoms with E-state index in [1.54, 1.807) is 20.1 Å². The standard InChI is InChI=1S/C14H17NO2S/c1-5-12(9-16)15-11(3)18-14-8-13(17-4)7-6-10(14)2/h5-9H,1-4H3/b12-5-,15-11?. The summed E-state index contributed by atoms with van der Waals surface area (Å²) in [6.45, 7) is 5.71. The van der Waals surface area contributed by atoms with Crippen molar-refractivity contribution in [2.24, 2.45) is 4.99 Å². The molecule has 0 radical (unpaired) electrons. The summed E-state index contributed by atoms with van der Waals surface area (Å²) in [6, 6.07) is 5.90. The highest BCUT2D eigenvalue weighted by Crippen LogP contribution is 2.28. The van der Waals surface area contributed by atoms with Crippen LogP contribution in [-0.4, -0.2) is 18.4 Å². The molecule has 0 atom stereocenters. The molecule has 0 bridgehead atoms. The molecule has 1 aromatic carbocycles. The molecule has 18 heavy (non-hydrogen) atoms. The van der Waals surface area contributed by atoms with E-state index >= 15 is 0 Å². The number of ether oxygens (including phenoxy) is 1. The molecule has 0 aliphatic rings. The van der Waals surface area contributed by atoms with Crippen molar-refractivity contribution in [1.29, 1.82) is 0 Å². The lowest BCUT2D eigenvalue weighted by atomic mass is 10.2. The summed E-state index contributed by atoms with van der Waals surface area (Å²) in [6.07, 6.45) is 2.44. The summed E-state index contributed by atoms with van der Waals surface area (Å²) in [5, 5.41) is 0.826. The number of hydrogen-bond acceptors (Lipinski definition) is 4. The summed E-state index contributed by atoms with van der Waals surface area (Å²) >= 11 is 1.53. The lowest BCUT2D eigenvalue weighted by molar-refractivity contribution is -0.104. The van der Waals surface area contributed by atoms with E-state index in [2.05, 4.69) is 4.99 Å². The second-order valence-corrected chi connectivity index (χ2v) is 4.93. The fourth-order valence-electron chi connectivity index (χ4n) is 1.34. The Morgan fingerprint density at radius 3 is 2.72 bits per heavy atom. The number of aldehydes is 1. The van der Waals surface area contributed by atoms with Gasteiger partial charge in [-0.1, -0.05) is 23.9 Å². The van der Waals surface area contributed by atoms with Crippen LogP contribution < -0.4 is 4.74 Å². The third-order valence-electron chi connectivity index (χ3n) is 2.36. The Labute approximate surface area is 112 Å². The second-order valence-electron chi connectivity index (χ2n) is 3.70. The number of aliphatic imine (C=N–C) groups is 1. The van der Waals surface area contributed by atoms with Crippen molar-refractivity contribution in [3.05, 3.63) is 35.5 Å². The van der Waals surface area contributed by atoms with E-state index in [-0.39, 0.29) is 0 Å². The average molecular weight is 263 g/mol. The molecule has 1 rings (SSSR count). The Kier molecular flexibility index (Phi) is 5.65. The molecule has 1 aromatic rings. The SMILES string of the molecule is C/C=C(/C=O)N=C(C)Sc1cc(OC)ccc1C. The van der Waals surface area contributed by atoms with E-state index in [0.29, 0.717) is 5.70 Å². The summed E-state index contributed by atoms with van der Waals surface area (Å²) in [7, 11) is 1.64. The molecule has 0 aliphatic heterocycles. The van der Waals surface area contributed by atoms with Gasteiger partial charge in [0.05, 0.1) is 17.9 Å². The number of thioether (sulfide) groups is 1. The molecule has 0 fully saturated rings. The van der Waals surface area contributed by atoms with Crippen LogP contribution in [0.5, 0.6) is 5.75 Å². The smallest absolute Gasteiger partial charge is 0.168 e. The minimum Gasteiger partial charge on any atom is -0.497 e. The number of allylic oxidation sites excluding steroid dienone is 2. The van der Waals surface area contributed by atoms with Gasteiger partial charge >= 0.3 is 0 Å². The quantitative estimate of drug-likeness (QED) is 0.274. The van der Waals surface area contributed by atoms with Gasteiger partial charge in [-0.25, -0.2) is 4.99 Å². The molecule has 0 saturated carbocycles. The molecule has 0 aromatic heterocycles. The third-order valence-corrected chi connectivity index (χ3v) is 3.40. The summed E-state index contributed by atoms with van der Waals surface area (Å²) < 4.78 is 5.19. The first-order chi connectivity index (χ1) is 8.60. The van der Waals surface area contributed by atoms with Crippen LogP contribution in [0.1, 0.15) is 19.4 Å². The number of rotatable bonds is 4. The van der Waals surface area contributed by atoms with E-state index < -0.39 is 0 Å². The number of nitrogens with zero attached hydrogens (tertiary/aromatic N) is 1. The van der Waals surface area contributed by atoms with Crippen molar-refractivity contribution in [2.75, 3.05) is 7.11 Å². The first kappa shape index (κ1) is 14.5. The minimum atomic E-state index is 0.445. The summed E-state index contributed by atoms with van der Waals surface area (Å²) in [5.74, 6) is 0.817. The molecular formula is C14H17NO2S. The van der Waals surface area contributed by atoms with Crippen molar-refractivity contribution in [3.63, 3.8) is 0 Å². The number of hydrogen-bond donors (Lipinski definition) is 0. The molecule has 4 heteroatoms. The van der Waals surface area contributed by atoms with Crippen LogP contribution in [0.3, 0.4) is 0 Å². The zero-order valence-electron chi connectivity index (χ0n) is 11.1. The lowest BCUT2D eigenvalue weighted by Crippen LogP contribution is -1.91. The van der Waals surface area contributed by atoms with Crippen molar-refractivity contribution >= 4 is 23.1 Å². The summed E-state index contributed by atoms with van der Waals surface area (Å²) in [5.41, 5.74) is 1.60. The second kappa shape index (κ2) is 7.01. The Balaban J connectivity index is 2.93. The zero-order valence-corrected chi connectivity index (χ0v) is 11.9. The molecule has 0 aliphatic carbocycles.